The van der Waals surface area contributed by atoms with Gasteiger partial charge in [-0.15, -0.1) is 0 Å². The topological polar surface area (TPSA) is 354 Å². The first kappa shape index (κ1) is 93.8. The number of rotatable bonds is 45. The molecule has 0 unspecified atom stereocenters. The summed E-state index contributed by atoms with van der Waals surface area (Å²) in [7, 11) is 0. The monoisotopic (exact) mass is 1720 g/mol. The van der Waals surface area contributed by atoms with Crippen LogP contribution in [0.1, 0.15) is 97.9 Å². The normalized spacial score (nSPS) is 29.9. The second-order valence-corrected chi connectivity index (χ2v) is 31.9. The summed E-state index contributed by atoms with van der Waals surface area (Å²) in [6, 6.07) is 73.6. The second-order valence-electron chi connectivity index (χ2n) is 31.9. The summed E-state index contributed by atoms with van der Waals surface area (Å²) in [4.78, 5) is 30.9. The van der Waals surface area contributed by atoms with Gasteiger partial charge in [0.1, 0.15) is 110 Å². The Hall–Kier alpha value is -8.87. The molecule has 670 valence electrons. The van der Waals surface area contributed by atoms with E-state index in [1.807, 2.05) is 257 Å². The molecule has 8 aromatic rings. The van der Waals surface area contributed by atoms with E-state index in [2.05, 4.69) is 20.7 Å². The van der Waals surface area contributed by atoms with Crippen molar-refractivity contribution in [3.05, 3.63) is 298 Å². The number of unbranched alkanes of at least 4 members (excludes halogenated alkanes) is 3. The SMILES string of the molecule is CC(=O)N[C@H]1[C@H](O[C@H]2[C@@H](O)[C@@H](CO)O[C@@H](O[C@H]3[C@H](O[C@@H]4O[C@@H](C)[C@@H](OCc5ccccc5)[C@@H](OCc5ccccc5)[C@@H]4OCc4ccccc4)[C@@H](NC(C)=O)[C@H](OCCCCCCN=[N+]=[N-])O[C@@H]3COCc3ccccc3)[C@@H]2O)O[C@H](COCc2ccccc2)[C@@H](O[C@@H]2O[C@@H](C)[C@@H](OCc3ccccc3)[C@@H](OCc3ccccc3)[C@@H]2OCc2ccccc2)[C@@H]1O. The molecule has 29 heteroatoms. The van der Waals surface area contributed by atoms with E-state index in [9.17, 15) is 30.0 Å². The molecule has 13 rings (SSSR count). The van der Waals surface area contributed by atoms with Crippen LogP contribution in [0.15, 0.2) is 248 Å². The van der Waals surface area contributed by atoms with Crippen molar-refractivity contribution in [2.24, 2.45) is 5.11 Å². The number of carbonyl (C=O) groups excluding carboxylic acids is 2. The summed E-state index contributed by atoms with van der Waals surface area (Å²) in [5.74, 6) is -1.19. The molecule has 5 aliphatic rings. The smallest absolute Gasteiger partial charge is 0.217 e. The molecule has 125 heavy (non-hydrogen) atoms. The zero-order valence-electron chi connectivity index (χ0n) is 70.8. The van der Waals surface area contributed by atoms with Crippen LogP contribution in [0, 0.1) is 0 Å². The molecule has 5 saturated heterocycles. The van der Waals surface area contributed by atoms with Crippen molar-refractivity contribution in [1.29, 1.82) is 0 Å². The van der Waals surface area contributed by atoms with Crippen molar-refractivity contribution in [2.75, 3.05) is 33.0 Å². The van der Waals surface area contributed by atoms with E-state index in [0.717, 1.165) is 44.5 Å². The van der Waals surface area contributed by atoms with Crippen molar-refractivity contribution >= 4 is 11.8 Å². The van der Waals surface area contributed by atoms with Crippen LogP contribution in [0.3, 0.4) is 0 Å². The first-order valence-electron chi connectivity index (χ1n) is 43.0. The van der Waals surface area contributed by atoms with Crippen LogP contribution in [-0.2, 0) is 148 Å². The van der Waals surface area contributed by atoms with Gasteiger partial charge in [0.05, 0.1) is 84.9 Å². The molecule has 25 atom stereocenters. The fourth-order valence-electron chi connectivity index (χ4n) is 16.1. The minimum atomic E-state index is -2.08. The number of carbonyl (C=O) groups is 2. The van der Waals surface area contributed by atoms with Gasteiger partial charge in [-0.05, 0) is 76.7 Å². The number of benzene rings is 8. The molecule has 29 nitrogen and oxygen atoms in total. The maximum Gasteiger partial charge on any atom is 0.217 e. The van der Waals surface area contributed by atoms with E-state index in [1.165, 1.54) is 13.8 Å². The van der Waals surface area contributed by atoms with Gasteiger partial charge in [0.2, 0.25) is 11.8 Å². The zero-order valence-corrected chi connectivity index (χ0v) is 70.8. The third-order valence-corrected chi connectivity index (χ3v) is 22.5. The molecule has 0 aliphatic carbocycles. The lowest BCUT2D eigenvalue weighted by molar-refractivity contribution is -0.390. The first-order valence-corrected chi connectivity index (χ1v) is 43.0. The average molecular weight is 1730 g/mol. The molecular formula is C96H117N5O24. The van der Waals surface area contributed by atoms with Gasteiger partial charge in [-0.3, -0.25) is 9.59 Å². The minimum Gasteiger partial charge on any atom is -0.394 e. The van der Waals surface area contributed by atoms with Gasteiger partial charge in [0, 0.05) is 31.9 Å². The van der Waals surface area contributed by atoms with E-state index >= 15 is 0 Å². The summed E-state index contributed by atoms with van der Waals surface area (Å²) in [5.41, 5.74) is 15.7. The summed E-state index contributed by atoms with van der Waals surface area (Å²) in [6.07, 6.45) is -28.9. The first-order chi connectivity index (χ1) is 61.1. The van der Waals surface area contributed by atoms with Gasteiger partial charge >= 0.3 is 0 Å². The van der Waals surface area contributed by atoms with Crippen molar-refractivity contribution in [3.8, 4) is 0 Å². The third-order valence-electron chi connectivity index (χ3n) is 22.5. The van der Waals surface area contributed by atoms with Crippen LogP contribution in [0.4, 0.5) is 0 Å². The van der Waals surface area contributed by atoms with E-state index in [4.69, 9.17) is 90.8 Å². The lowest BCUT2D eigenvalue weighted by atomic mass is 9.93. The van der Waals surface area contributed by atoms with E-state index in [-0.39, 0.29) is 72.7 Å². The Bertz CT molecular complexity index is 4460. The highest BCUT2D eigenvalue weighted by Crippen LogP contribution is 2.41. The number of ether oxygens (including phenoxy) is 18. The van der Waals surface area contributed by atoms with Gasteiger partial charge in [0.15, 0.2) is 31.5 Å². The molecule has 0 spiro atoms. The molecule has 0 bridgehead atoms. The van der Waals surface area contributed by atoms with Crippen LogP contribution in [0.5, 0.6) is 0 Å². The Morgan fingerprint density at radius 3 is 1.08 bits per heavy atom. The highest BCUT2D eigenvalue weighted by Gasteiger charge is 2.59. The Morgan fingerprint density at radius 2 is 0.680 bits per heavy atom. The molecule has 0 aromatic heterocycles. The van der Waals surface area contributed by atoms with Crippen LogP contribution in [0.2, 0.25) is 0 Å². The summed E-state index contributed by atoms with van der Waals surface area (Å²) < 4.78 is 125. The molecule has 5 fully saturated rings. The summed E-state index contributed by atoms with van der Waals surface area (Å²) >= 11 is 0. The molecule has 2 amide bonds. The average Bonchev–Trinajstić information content (AvgIpc) is 0.770. The Balaban J connectivity index is 0.854. The van der Waals surface area contributed by atoms with Crippen LogP contribution in [-0.4, -0.2) is 219 Å². The Kier molecular flexibility index (Phi) is 36.7. The predicted molar refractivity (Wildman–Crippen MR) is 455 cm³/mol. The highest BCUT2D eigenvalue weighted by atomic mass is 16.8. The summed E-state index contributed by atoms with van der Waals surface area (Å²) in [6.45, 7) is 5.98. The van der Waals surface area contributed by atoms with Gasteiger partial charge in [-0.2, -0.15) is 0 Å². The molecule has 5 heterocycles. The van der Waals surface area contributed by atoms with Gasteiger partial charge in [0.25, 0.3) is 0 Å². The Labute approximate surface area is 729 Å². The van der Waals surface area contributed by atoms with Crippen molar-refractivity contribution < 1.29 is 115 Å². The van der Waals surface area contributed by atoms with Crippen molar-refractivity contribution in [1.82, 2.24) is 10.6 Å². The molecule has 5 aliphatic heterocycles. The minimum absolute atomic E-state index is 0.0253. The lowest BCUT2D eigenvalue weighted by Crippen LogP contribution is -2.71. The fraction of sp³-hybridized carbons (Fsp3) is 0.479. The largest absolute Gasteiger partial charge is 0.394 e. The maximum atomic E-state index is 14.1. The van der Waals surface area contributed by atoms with Gasteiger partial charge in [-0.25, -0.2) is 0 Å². The molecule has 0 radical (unpaired) electrons. The number of nitrogens with zero attached hydrogens (tertiary/aromatic N) is 3. The number of aliphatic hydroxyl groups is 4. The van der Waals surface area contributed by atoms with Gasteiger partial charge in [-0.1, -0.05) is 261 Å². The zero-order chi connectivity index (χ0) is 87.1. The number of azide groups is 1. The van der Waals surface area contributed by atoms with Crippen LogP contribution >= 0.6 is 0 Å². The van der Waals surface area contributed by atoms with E-state index < -0.39 is 172 Å². The quantitative estimate of drug-likeness (QED) is 0.00893. The lowest BCUT2D eigenvalue weighted by Gasteiger charge is -2.52. The van der Waals surface area contributed by atoms with Gasteiger partial charge < -0.3 is 116 Å². The van der Waals surface area contributed by atoms with Crippen LogP contribution in [0.25, 0.3) is 10.4 Å². The number of hydrogen-bond acceptors (Lipinski definition) is 25. The highest BCUT2D eigenvalue weighted by molar-refractivity contribution is 5.73. The second kappa shape index (κ2) is 48.9. The standard InChI is InChI=1S/C96H117N5O24/c1-62-82(111-54-68-37-19-9-20-38-68)88(113-56-70-41-23-11-24-42-70)90(115-58-72-45-27-13-28-46-72)95(117-62)122-84-75(60-108-52-66-33-15-7-16-34-66)121-93(77(80(84)106)99-64(3)103)125-87-79(105)74(51-102)119-94(81(87)107)123-85-76(61-109-53-67-35-17-8-18-36-67)120-92(110-50-32-6-5-31-49-98-101-97)78(100-65(4)104)86(85)124-96-91(116-59-73-47-29-14-30-48-73)89(114-57-71-43-25-12-26-44-71)83(63(2)118-96)112-55-69-39-21-10-22-40-69/h7-30,33-48,62-63,74-96,102,105-107H,5-6,31-32,49-61H2,1-4H3,(H,99,103)(H,100,104)/t62-,63-,74+,75+,76+,77+,78+,79-,80+,81+,82+,83+,84+,85+,86+,87-,88+,89+,90-,91-,92+,93-,94-,95-,96-/m0/s1. The molecule has 0 saturated carbocycles. The number of nitrogens with one attached hydrogen (secondary N) is 2. The number of aliphatic hydroxyl groups excluding tert-OH is 4. The van der Waals surface area contributed by atoms with Crippen LogP contribution < -0.4 is 10.6 Å². The molecular weight excluding hydrogens is 1610 g/mol. The molecule has 6 N–H and O–H groups in total. The van der Waals surface area contributed by atoms with Crippen molar-refractivity contribution in [3.63, 3.8) is 0 Å². The number of hydrogen-bond donors (Lipinski definition) is 6. The van der Waals surface area contributed by atoms with Crippen molar-refractivity contribution in [2.45, 2.75) is 260 Å². The summed E-state index contributed by atoms with van der Waals surface area (Å²) in [5, 5.41) is 60.4. The fourth-order valence-corrected chi connectivity index (χ4v) is 16.1. The third kappa shape index (κ3) is 27.1. The molecule has 8 aromatic carbocycles. The van der Waals surface area contributed by atoms with E-state index in [1.54, 1.807) is 0 Å². The Morgan fingerprint density at radius 1 is 0.344 bits per heavy atom. The predicted octanol–water partition coefficient (Wildman–Crippen LogP) is 11.1. The van der Waals surface area contributed by atoms with E-state index in [0.29, 0.717) is 32.2 Å². The number of amides is 2. The maximum absolute atomic E-state index is 14.1.